The van der Waals surface area contributed by atoms with E-state index in [1.54, 1.807) is 19.4 Å². The molecule has 2 aromatic carbocycles. The van der Waals surface area contributed by atoms with Crippen LogP contribution in [0.25, 0.3) is 10.9 Å². The number of aromatic nitrogens is 1. The van der Waals surface area contributed by atoms with Gasteiger partial charge in [-0.1, -0.05) is 6.07 Å². The Bertz CT molecular complexity index is 995. The van der Waals surface area contributed by atoms with Crippen molar-refractivity contribution in [3.05, 3.63) is 60.0 Å². The maximum atomic E-state index is 13.5. The van der Waals surface area contributed by atoms with E-state index >= 15 is 0 Å². The highest BCUT2D eigenvalue weighted by Gasteiger charge is 2.32. The number of carbonyl (C=O) groups is 1. The van der Waals surface area contributed by atoms with Gasteiger partial charge in [0.05, 0.1) is 7.11 Å². The Balaban J connectivity index is 1.54. The molecule has 1 aliphatic heterocycles. The van der Waals surface area contributed by atoms with E-state index < -0.39 is 12.0 Å². The zero-order valence-corrected chi connectivity index (χ0v) is 15.6. The molecular formula is C21H22FN3O3. The summed E-state index contributed by atoms with van der Waals surface area (Å²) < 4.78 is 18.7. The van der Waals surface area contributed by atoms with Gasteiger partial charge in [0.25, 0.3) is 0 Å². The Morgan fingerprint density at radius 3 is 2.68 bits per heavy atom. The van der Waals surface area contributed by atoms with Crippen LogP contribution < -0.4 is 9.64 Å². The summed E-state index contributed by atoms with van der Waals surface area (Å²) in [7, 11) is 1.64. The first-order chi connectivity index (χ1) is 13.6. The standard InChI is InChI=1S/C21H22FN3O3/c1-28-16-4-2-3-15(12-16)24-7-9-25(10-8-24)20(21(26)27)18-13-23-19-11-14(22)5-6-17(18)19/h2-6,11-13,20,23H,7-10H2,1H3,(H,26,27). The number of nitrogens with zero attached hydrogens (tertiary/aromatic N) is 2. The van der Waals surface area contributed by atoms with Gasteiger partial charge in [0.2, 0.25) is 0 Å². The number of hydrogen-bond donors (Lipinski definition) is 2. The number of aliphatic carboxylic acids is 1. The Labute approximate surface area is 162 Å². The molecule has 0 spiro atoms. The zero-order chi connectivity index (χ0) is 19.7. The van der Waals surface area contributed by atoms with Crippen molar-refractivity contribution in [2.45, 2.75) is 6.04 Å². The lowest BCUT2D eigenvalue weighted by Gasteiger charge is -2.38. The molecule has 3 aromatic rings. The van der Waals surface area contributed by atoms with Crippen LogP contribution in [0.4, 0.5) is 10.1 Å². The van der Waals surface area contributed by atoms with E-state index in [0.29, 0.717) is 37.3 Å². The molecule has 1 fully saturated rings. The van der Waals surface area contributed by atoms with Gasteiger partial charge in [-0.05, 0) is 30.3 Å². The number of carboxylic acids is 1. The summed E-state index contributed by atoms with van der Waals surface area (Å²) in [5.74, 6) is -0.450. The minimum absolute atomic E-state index is 0.348. The van der Waals surface area contributed by atoms with E-state index in [1.807, 2.05) is 29.2 Å². The predicted octanol–water partition coefficient (Wildman–Crippen LogP) is 3.26. The Morgan fingerprint density at radius 1 is 1.18 bits per heavy atom. The number of aromatic amines is 1. The normalized spacial score (nSPS) is 16.3. The number of anilines is 1. The van der Waals surface area contributed by atoms with Crippen molar-refractivity contribution in [2.24, 2.45) is 0 Å². The molecule has 1 atom stereocenters. The number of ether oxygens (including phenoxy) is 1. The fraction of sp³-hybridized carbons (Fsp3) is 0.286. The molecule has 2 N–H and O–H groups in total. The van der Waals surface area contributed by atoms with E-state index in [9.17, 15) is 14.3 Å². The second-order valence-electron chi connectivity index (χ2n) is 6.90. The number of hydrogen-bond acceptors (Lipinski definition) is 4. The largest absolute Gasteiger partial charge is 0.497 e. The van der Waals surface area contributed by atoms with Gasteiger partial charge in [-0.3, -0.25) is 9.69 Å². The molecule has 1 aromatic heterocycles. The molecule has 0 bridgehead atoms. The number of benzene rings is 2. The summed E-state index contributed by atoms with van der Waals surface area (Å²) in [6, 6.07) is 11.5. The van der Waals surface area contributed by atoms with Crippen LogP contribution in [0.3, 0.4) is 0 Å². The number of carboxylic acid groups (broad SMARTS) is 1. The van der Waals surface area contributed by atoms with Crippen molar-refractivity contribution in [1.82, 2.24) is 9.88 Å². The third kappa shape index (κ3) is 3.41. The lowest BCUT2D eigenvalue weighted by atomic mass is 10.0. The van der Waals surface area contributed by atoms with Gasteiger partial charge in [0.15, 0.2) is 0 Å². The van der Waals surface area contributed by atoms with Crippen LogP contribution >= 0.6 is 0 Å². The van der Waals surface area contributed by atoms with E-state index in [1.165, 1.54) is 12.1 Å². The molecule has 7 heteroatoms. The molecule has 4 rings (SSSR count). The Morgan fingerprint density at radius 2 is 1.96 bits per heavy atom. The van der Waals surface area contributed by atoms with Crippen molar-refractivity contribution >= 4 is 22.6 Å². The highest BCUT2D eigenvalue weighted by molar-refractivity contribution is 5.89. The molecule has 146 valence electrons. The summed E-state index contributed by atoms with van der Waals surface area (Å²) in [5, 5.41) is 10.6. The Kier molecular flexibility index (Phi) is 4.92. The molecule has 2 heterocycles. The number of rotatable bonds is 5. The molecule has 0 amide bonds. The summed E-state index contributed by atoms with van der Waals surface area (Å²) in [4.78, 5) is 19.3. The first kappa shape index (κ1) is 18.3. The number of nitrogens with one attached hydrogen (secondary N) is 1. The van der Waals surface area contributed by atoms with Crippen molar-refractivity contribution in [1.29, 1.82) is 0 Å². The minimum Gasteiger partial charge on any atom is -0.497 e. The van der Waals surface area contributed by atoms with Crippen molar-refractivity contribution in [3.63, 3.8) is 0 Å². The van der Waals surface area contributed by atoms with E-state index in [4.69, 9.17) is 4.74 Å². The van der Waals surface area contributed by atoms with Crippen LogP contribution in [-0.4, -0.2) is 54.2 Å². The van der Waals surface area contributed by atoms with Crippen LogP contribution in [0.2, 0.25) is 0 Å². The van der Waals surface area contributed by atoms with Crippen molar-refractivity contribution in [2.75, 3.05) is 38.2 Å². The van der Waals surface area contributed by atoms with Gasteiger partial charge >= 0.3 is 5.97 Å². The number of methoxy groups -OCH3 is 1. The molecule has 0 aliphatic carbocycles. The van der Waals surface area contributed by atoms with E-state index in [0.717, 1.165) is 16.8 Å². The molecular weight excluding hydrogens is 361 g/mol. The topological polar surface area (TPSA) is 68.8 Å². The maximum Gasteiger partial charge on any atom is 0.325 e. The van der Waals surface area contributed by atoms with Crippen molar-refractivity contribution in [3.8, 4) is 5.75 Å². The Hall–Kier alpha value is -3.06. The number of piperazine rings is 1. The number of fused-ring (bicyclic) bond motifs is 1. The summed E-state index contributed by atoms with van der Waals surface area (Å²) in [5.41, 5.74) is 2.34. The SMILES string of the molecule is COc1cccc(N2CCN(C(C(=O)O)c3c[nH]c4cc(F)ccc34)CC2)c1. The summed E-state index contributed by atoms with van der Waals surface area (Å²) in [6.45, 7) is 2.66. The average molecular weight is 383 g/mol. The van der Waals surface area contributed by atoms with Gasteiger partial charge in [0, 0.05) is 60.6 Å². The third-order valence-corrected chi connectivity index (χ3v) is 5.30. The maximum absolute atomic E-state index is 13.5. The van der Waals surface area contributed by atoms with Crippen molar-refractivity contribution < 1.29 is 19.0 Å². The minimum atomic E-state index is -0.903. The van der Waals surface area contributed by atoms with Gasteiger partial charge in [-0.15, -0.1) is 0 Å². The first-order valence-electron chi connectivity index (χ1n) is 9.19. The molecule has 6 nitrogen and oxygen atoms in total. The molecule has 1 saturated heterocycles. The molecule has 0 saturated carbocycles. The third-order valence-electron chi connectivity index (χ3n) is 5.30. The van der Waals surface area contributed by atoms with Gasteiger partial charge in [-0.25, -0.2) is 4.39 Å². The zero-order valence-electron chi connectivity index (χ0n) is 15.6. The monoisotopic (exact) mass is 383 g/mol. The fourth-order valence-electron chi connectivity index (χ4n) is 3.88. The lowest BCUT2D eigenvalue weighted by Crippen LogP contribution is -2.49. The predicted molar refractivity (Wildman–Crippen MR) is 105 cm³/mol. The first-order valence-corrected chi connectivity index (χ1v) is 9.19. The van der Waals surface area contributed by atoms with E-state index in [-0.39, 0.29) is 5.82 Å². The number of halogens is 1. The molecule has 1 unspecified atom stereocenters. The molecule has 28 heavy (non-hydrogen) atoms. The molecule has 0 radical (unpaired) electrons. The second-order valence-corrected chi connectivity index (χ2v) is 6.90. The van der Waals surface area contributed by atoms with Crippen LogP contribution in [0.15, 0.2) is 48.7 Å². The summed E-state index contributed by atoms with van der Waals surface area (Å²) >= 11 is 0. The van der Waals surface area contributed by atoms with Gasteiger partial charge in [0.1, 0.15) is 17.6 Å². The smallest absolute Gasteiger partial charge is 0.325 e. The summed E-state index contributed by atoms with van der Waals surface area (Å²) in [6.07, 6.45) is 1.68. The second kappa shape index (κ2) is 7.52. The van der Waals surface area contributed by atoms with Crippen LogP contribution in [0.1, 0.15) is 11.6 Å². The average Bonchev–Trinajstić information content (AvgIpc) is 3.11. The van der Waals surface area contributed by atoms with Gasteiger partial charge in [-0.2, -0.15) is 0 Å². The quantitative estimate of drug-likeness (QED) is 0.708. The number of H-pyrrole nitrogens is 1. The fourth-order valence-corrected chi connectivity index (χ4v) is 3.88. The highest BCUT2D eigenvalue weighted by atomic mass is 19.1. The van der Waals surface area contributed by atoms with Gasteiger partial charge < -0.3 is 19.7 Å². The van der Waals surface area contributed by atoms with Crippen LogP contribution in [0.5, 0.6) is 5.75 Å². The van der Waals surface area contributed by atoms with E-state index in [2.05, 4.69) is 9.88 Å². The molecule has 1 aliphatic rings. The highest BCUT2D eigenvalue weighted by Crippen LogP contribution is 2.31. The van der Waals surface area contributed by atoms with Crippen LogP contribution in [-0.2, 0) is 4.79 Å². The van der Waals surface area contributed by atoms with Crippen LogP contribution in [0, 0.1) is 5.82 Å². The lowest BCUT2D eigenvalue weighted by molar-refractivity contribution is -0.143.